The summed E-state index contributed by atoms with van der Waals surface area (Å²) in [5.74, 6) is 0.0434. The second-order valence-electron chi connectivity index (χ2n) is 8.40. The third-order valence-corrected chi connectivity index (χ3v) is 5.82. The lowest BCUT2D eigenvalue weighted by molar-refractivity contribution is -0.805. The normalized spacial score (nSPS) is 19.8. The van der Waals surface area contributed by atoms with Gasteiger partial charge in [0.1, 0.15) is 12.4 Å². The number of aliphatic imine (C=N–C) groups is 1. The number of carboxylic acids is 1. The summed E-state index contributed by atoms with van der Waals surface area (Å²) in [5.41, 5.74) is 6.10. The van der Waals surface area contributed by atoms with Gasteiger partial charge in [-0.25, -0.2) is 14.3 Å². The van der Waals surface area contributed by atoms with Crippen LogP contribution in [0.4, 0.5) is 0 Å². The summed E-state index contributed by atoms with van der Waals surface area (Å²) < 4.78 is 0.163. The standard InChI is InChI=1S/C24H43N3O2/c1-3-4-5-6-7-8-9-10-11-12-13-14-15-16-17-18-23-26-19-20-27(23,22(2)25)21-24(28)29/h11-12,19-20,22H,3-10,13-18,21,25H2,1-2H3/p+1/b12-11+. The van der Waals surface area contributed by atoms with Gasteiger partial charge in [-0.15, -0.1) is 0 Å². The Bertz CT molecular complexity index is 540. The van der Waals surface area contributed by atoms with Gasteiger partial charge in [-0.05, 0) is 32.1 Å². The molecule has 1 heterocycles. The molecule has 0 fully saturated rings. The van der Waals surface area contributed by atoms with Crippen LogP contribution in [-0.2, 0) is 4.79 Å². The number of quaternary nitrogens is 1. The average Bonchev–Trinajstić information content (AvgIpc) is 3.08. The van der Waals surface area contributed by atoms with Gasteiger partial charge in [-0.1, -0.05) is 70.4 Å². The first-order valence-electron chi connectivity index (χ1n) is 11.8. The molecule has 0 radical (unpaired) electrons. The van der Waals surface area contributed by atoms with Crippen LogP contribution >= 0.6 is 0 Å². The minimum absolute atomic E-state index is 0.0312. The maximum Gasteiger partial charge on any atom is 0.360 e. The SMILES string of the molecule is CCCCCCCCC/C=C/CCCCCCC1=NC=C[N+]1(CC(=O)O)C(C)N. The van der Waals surface area contributed by atoms with E-state index in [9.17, 15) is 9.90 Å². The number of nitrogens with zero attached hydrogens (tertiary/aromatic N) is 2. The minimum atomic E-state index is -0.843. The van der Waals surface area contributed by atoms with Crippen LogP contribution in [0.25, 0.3) is 0 Å². The van der Waals surface area contributed by atoms with Crippen molar-refractivity contribution in [1.29, 1.82) is 0 Å². The van der Waals surface area contributed by atoms with Crippen LogP contribution in [0.3, 0.4) is 0 Å². The zero-order valence-corrected chi connectivity index (χ0v) is 18.8. The van der Waals surface area contributed by atoms with Gasteiger partial charge < -0.3 is 5.11 Å². The Balaban J connectivity index is 2.06. The van der Waals surface area contributed by atoms with Gasteiger partial charge in [-0.3, -0.25) is 5.73 Å². The molecular weight excluding hydrogens is 362 g/mol. The van der Waals surface area contributed by atoms with Crippen molar-refractivity contribution in [3.63, 3.8) is 0 Å². The van der Waals surface area contributed by atoms with Gasteiger partial charge >= 0.3 is 5.97 Å². The van der Waals surface area contributed by atoms with Gasteiger partial charge in [0.15, 0.2) is 6.54 Å². The molecular formula is C24H44N3O2+. The van der Waals surface area contributed by atoms with Gasteiger partial charge in [0.05, 0.1) is 6.20 Å². The van der Waals surface area contributed by atoms with Crippen molar-refractivity contribution in [3.8, 4) is 0 Å². The molecule has 5 heteroatoms. The highest BCUT2D eigenvalue weighted by molar-refractivity contribution is 5.81. The number of allylic oxidation sites excluding steroid dienone is 2. The molecule has 1 aliphatic rings. The van der Waals surface area contributed by atoms with Crippen molar-refractivity contribution in [2.24, 2.45) is 10.7 Å². The van der Waals surface area contributed by atoms with E-state index < -0.39 is 5.97 Å². The number of carbonyl (C=O) groups is 1. The highest BCUT2D eigenvalue weighted by atomic mass is 16.4. The summed E-state index contributed by atoms with van der Waals surface area (Å²) in [7, 11) is 0. The maximum atomic E-state index is 11.3. The summed E-state index contributed by atoms with van der Waals surface area (Å²) in [6, 6.07) is 0. The van der Waals surface area contributed by atoms with Gasteiger partial charge in [0.25, 0.3) is 0 Å². The zero-order valence-electron chi connectivity index (χ0n) is 18.8. The average molecular weight is 407 g/mol. The first-order chi connectivity index (χ1) is 14.0. The Kier molecular flexibility index (Phi) is 13.6. The molecule has 29 heavy (non-hydrogen) atoms. The van der Waals surface area contributed by atoms with E-state index in [0.29, 0.717) is 0 Å². The van der Waals surface area contributed by atoms with Gasteiger partial charge in [0.2, 0.25) is 5.84 Å². The molecule has 1 rings (SSSR count). The number of nitrogens with two attached hydrogens (primary N) is 1. The lowest BCUT2D eigenvalue weighted by atomic mass is 10.1. The number of carboxylic acid groups (broad SMARTS) is 1. The van der Waals surface area contributed by atoms with Crippen LogP contribution in [0.2, 0.25) is 0 Å². The molecule has 0 aliphatic carbocycles. The van der Waals surface area contributed by atoms with E-state index in [0.717, 1.165) is 31.5 Å². The number of rotatable bonds is 18. The van der Waals surface area contributed by atoms with E-state index in [2.05, 4.69) is 24.1 Å². The maximum absolute atomic E-state index is 11.3. The van der Waals surface area contributed by atoms with Crippen LogP contribution in [0.15, 0.2) is 29.5 Å². The number of hydrogen-bond donors (Lipinski definition) is 2. The molecule has 1 aliphatic heterocycles. The predicted octanol–water partition coefficient (Wildman–Crippen LogP) is 6.11. The second kappa shape index (κ2) is 15.4. The topological polar surface area (TPSA) is 75.7 Å². The van der Waals surface area contributed by atoms with Crippen LogP contribution in [-0.4, -0.2) is 34.1 Å². The highest BCUT2D eigenvalue weighted by Crippen LogP contribution is 2.23. The largest absolute Gasteiger partial charge is 0.477 e. The lowest BCUT2D eigenvalue weighted by Gasteiger charge is -2.34. The molecule has 5 nitrogen and oxygen atoms in total. The second-order valence-corrected chi connectivity index (χ2v) is 8.40. The highest BCUT2D eigenvalue weighted by Gasteiger charge is 2.40. The quantitative estimate of drug-likeness (QED) is 0.164. The van der Waals surface area contributed by atoms with Crippen molar-refractivity contribution in [3.05, 3.63) is 24.6 Å². The molecule has 0 aromatic heterocycles. The molecule has 0 saturated heterocycles. The van der Waals surface area contributed by atoms with E-state index in [1.54, 1.807) is 6.20 Å². The zero-order chi connectivity index (χ0) is 21.4. The van der Waals surface area contributed by atoms with Crippen molar-refractivity contribution in [2.75, 3.05) is 6.54 Å². The van der Waals surface area contributed by atoms with Crippen molar-refractivity contribution in [1.82, 2.24) is 0 Å². The summed E-state index contributed by atoms with van der Waals surface area (Å²) in [5, 5.41) is 9.24. The third-order valence-electron chi connectivity index (χ3n) is 5.82. The van der Waals surface area contributed by atoms with E-state index in [-0.39, 0.29) is 17.2 Å². The van der Waals surface area contributed by atoms with Crippen LogP contribution in [0.1, 0.15) is 104 Å². The van der Waals surface area contributed by atoms with E-state index in [1.807, 2.05) is 13.1 Å². The van der Waals surface area contributed by atoms with Crippen LogP contribution in [0.5, 0.6) is 0 Å². The Morgan fingerprint density at radius 2 is 1.59 bits per heavy atom. The Morgan fingerprint density at radius 3 is 2.14 bits per heavy atom. The third kappa shape index (κ3) is 10.2. The smallest absolute Gasteiger partial charge is 0.360 e. The number of amidine groups is 1. The Morgan fingerprint density at radius 1 is 1.03 bits per heavy atom. The van der Waals surface area contributed by atoms with E-state index in [1.165, 1.54) is 64.2 Å². The summed E-state index contributed by atoms with van der Waals surface area (Å²) in [6.45, 7) is 4.09. The molecule has 0 spiro atoms. The fourth-order valence-corrected chi connectivity index (χ4v) is 3.94. The number of unbranched alkanes of at least 4 members (excludes halogenated alkanes) is 11. The molecule has 166 valence electrons. The van der Waals surface area contributed by atoms with Crippen molar-refractivity contribution < 1.29 is 14.4 Å². The molecule has 0 saturated carbocycles. The first kappa shape index (κ1) is 25.6. The first-order valence-corrected chi connectivity index (χ1v) is 11.8. The summed E-state index contributed by atoms with van der Waals surface area (Å²) in [6.07, 6.45) is 25.4. The van der Waals surface area contributed by atoms with E-state index >= 15 is 0 Å². The van der Waals surface area contributed by atoms with E-state index in [4.69, 9.17) is 5.73 Å². The molecule has 3 N–H and O–H groups in total. The molecule has 2 unspecified atom stereocenters. The summed E-state index contributed by atoms with van der Waals surface area (Å²) >= 11 is 0. The Hall–Kier alpha value is -1.46. The number of aliphatic carboxylic acids is 1. The van der Waals surface area contributed by atoms with Gasteiger partial charge in [-0.2, -0.15) is 0 Å². The molecule has 0 aromatic rings. The van der Waals surface area contributed by atoms with Crippen molar-refractivity contribution >= 4 is 11.8 Å². The van der Waals surface area contributed by atoms with Crippen LogP contribution in [0, 0.1) is 0 Å². The molecule has 2 atom stereocenters. The van der Waals surface area contributed by atoms with Crippen molar-refractivity contribution in [2.45, 2.75) is 110 Å². The summed E-state index contributed by atoms with van der Waals surface area (Å²) in [4.78, 5) is 15.7. The minimum Gasteiger partial charge on any atom is -0.477 e. The molecule has 0 aromatic carbocycles. The van der Waals surface area contributed by atoms with Crippen LogP contribution < -0.4 is 5.73 Å². The fourth-order valence-electron chi connectivity index (χ4n) is 3.94. The lowest BCUT2D eigenvalue weighted by Crippen LogP contribution is -2.59. The Labute approximate surface area is 178 Å². The monoisotopic (exact) mass is 406 g/mol. The van der Waals surface area contributed by atoms with Gasteiger partial charge in [0, 0.05) is 13.3 Å². The predicted molar refractivity (Wildman–Crippen MR) is 122 cm³/mol. The fraction of sp³-hybridized carbons (Fsp3) is 0.750. The molecule has 0 amide bonds. The number of hydrogen-bond acceptors (Lipinski definition) is 3. The molecule has 0 bridgehead atoms.